The van der Waals surface area contributed by atoms with Crippen molar-refractivity contribution in [2.75, 3.05) is 13.2 Å². The summed E-state index contributed by atoms with van der Waals surface area (Å²) in [6.07, 6.45) is 8.79. The molecule has 1 saturated heterocycles. The molecular weight excluding hydrogens is 162 g/mol. The number of terminal acetylenes is 1. The predicted molar refractivity (Wildman–Crippen MR) is 54.5 cm³/mol. The minimum Gasteiger partial charge on any atom is -0.373 e. The fraction of sp³-hybridized carbons (Fsp3) is 0.818. The lowest BCUT2D eigenvalue weighted by Crippen LogP contribution is -2.47. The number of hydrogen-bond donors (Lipinski definition) is 1. The van der Waals surface area contributed by atoms with Crippen LogP contribution in [0, 0.1) is 12.3 Å². The molecule has 2 heteroatoms. The summed E-state index contributed by atoms with van der Waals surface area (Å²) in [5, 5.41) is 3.34. The van der Waals surface area contributed by atoms with Crippen LogP contribution in [0.3, 0.4) is 0 Å². The standard InChI is InChI=1S/C11H19NO/c1-4-8-12-10(5-2)11(3)7-6-9-13-11/h2,10,12H,4,6-9H2,1,3H3. The van der Waals surface area contributed by atoms with Crippen molar-refractivity contribution < 1.29 is 4.74 Å². The molecule has 0 aromatic rings. The highest BCUT2D eigenvalue weighted by Crippen LogP contribution is 2.28. The van der Waals surface area contributed by atoms with Crippen molar-refractivity contribution in [2.45, 2.75) is 44.8 Å². The Bertz CT molecular complexity index is 189. The average molecular weight is 181 g/mol. The van der Waals surface area contributed by atoms with E-state index in [2.05, 4.69) is 25.1 Å². The molecule has 2 atom stereocenters. The quantitative estimate of drug-likeness (QED) is 0.664. The first kappa shape index (κ1) is 10.6. The van der Waals surface area contributed by atoms with Gasteiger partial charge in [-0.15, -0.1) is 6.42 Å². The second-order valence-corrected chi connectivity index (χ2v) is 3.82. The molecule has 0 amide bonds. The summed E-state index contributed by atoms with van der Waals surface area (Å²) in [4.78, 5) is 0. The summed E-state index contributed by atoms with van der Waals surface area (Å²) in [5.41, 5.74) is -0.135. The van der Waals surface area contributed by atoms with Crippen LogP contribution < -0.4 is 5.32 Å². The fourth-order valence-corrected chi connectivity index (χ4v) is 1.77. The van der Waals surface area contributed by atoms with Crippen LogP contribution in [0.4, 0.5) is 0 Å². The summed E-state index contributed by atoms with van der Waals surface area (Å²) in [5.74, 6) is 2.78. The molecule has 1 aliphatic rings. The molecule has 1 aliphatic heterocycles. The summed E-state index contributed by atoms with van der Waals surface area (Å²) in [6.45, 7) is 6.06. The SMILES string of the molecule is C#CC(NCCC)C1(C)CCCO1. The van der Waals surface area contributed by atoms with Crippen LogP contribution in [0.25, 0.3) is 0 Å². The zero-order chi connectivity index (χ0) is 9.73. The minimum absolute atomic E-state index is 0.0648. The van der Waals surface area contributed by atoms with Gasteiger partial charge in [-0.3, -0.25) is 0 Å². The van der Waals surface area contributed by atoms with Crippen LogP contribution in [-0.2, 0) is 4.74 Å². The van der Waals surface area contributed by atoms with Gasteiger partial charge in [0, 0.05) is 6.61 Å². The van der Waals surface area contributed by atoms with E-state index in [0.29, 0.717) is 0 Å². The fourth-order valence-electron chi connectivity index (χ4n) is 1.77. The molecule has 1 heterocycles. The van der Waals surface area contributed by atoms with E-state index in [1.807, 2.05) is 0 Å². The van der Waals surface area contributed by atoms with Crippen LogP contribution in [0.2, 0.25) is 0 Å². The molecule has 13 heavy (non-hydrogen) atoms. The van der Waals surface area contributed by atoms with Gasteiger partial charge in [0.25, 0.3) is 0 Å². The van der Waals surface area contributed by atoms with Crippen molar-refractivity contribution in [1.82, 2.24) is 5.32 Å². The van der Waals surface area contributed by atoms with Gasteiger partial charge in [-0.05, 0) is 32.7 Å². The lowest BCUT2D eigenvalue weighted by atomic mass is 9.93. The molecule has 1 N–H and O–H groups in total. The van der Waals surface area contributed by atoms with Gasteiger partial charge in [-0.25, -0.2) is 0 Å². The summed E-state index contributed by atoms with van der Waals surface area (Å²) in [6, 6.07) is 0.0648. The molecule has 74 valence electrons. The highest BCUT2D eigenvalue weighted by molar-refractivity contribution is 5.10. The van der Waals surface area contributed by atoms with Crippen molar-refractivity contribution in [3.8, 4) is 12.3 Å². The molecule has 2 unspecified atom stereocenters. The molecule has 0 aliphatic carbocycles. The first-order chi connectivity index (χ1) is 6.23. The molecule has 0 saturated carbocycles. The Balaban J connectivity index is 2.50. The van der Waals surface area contributed by atoms with Crippen LogP contribution >= 0.6 is 0 Å². The zero-order valence-corrected chi connectivity index (χ0v) is 8.60. The van der Waals surface area contributed by atoms with Crippen molar-refractivity contribution in [1.29, 1.82) is 0 Å². The van der Waals surface area contributed by atoms with Gasteiger partial charge < -0.3 is 10.1 Å². The Hall–Kier alpha value is -0.520. The van der Waals surface area contributed by atoms with E-state index < -0.39 is 0 Å². The lowest BCUT2D eigenvalue weighted by Gasteiger charge is -2.30. The van der Waals surface area contributed by atoms with Crippen molar-refractivity contribution in [3.05, 3.63) is 0 Å². The van der Waals surface area contributed by atoms with Crippen LogP contribution in [0.1, 0.15) is 33.1 Å². The maximum absolute atomic E-state index is 5.69. The molecule has 0 aromatic heterocycles. The van der Waals surface area contributed by atoms with Gasteiger partial charge in [0.1, 0.15) is 0 Å². The largest absolute Gasteiger partial charge is 0.373 e. The third-order valence-corrected chi connectivity index (χ3v) is 2.63. The highest BCUT2D eigenvalue weighted by Gasteiger charge is 2.36. The first-order valence-electron chi connectivity index (χ1n) is 5.06. The number of rotatable bonds is 4. The summed E-state index contributed by atoms with van der Waals surface area (Å²) in [7, 11) is 0. The van der Waals surface area contributed by atoms with Gasteiger partial charge >= 0.3 is 0 Å². The van der Waals surface area contributed by atoms with Gasteiger partial charge in [0.05, 0.1) is 11.6 Å². The Morgan fingerprint density at radius 2 is 2.46 bits per heavy atom. The van der Waals surface area contributed by atoms with Crippen LogP contribution in [0.5, 0.6) is 0 Å². The topological polar surface area (TPSA) is 21.3 Å². The molecule has 2 nitrogen and oxygen atoms in total. The Morgan fingerprint density at radius 3 is 2.92 bits per heavy atom. The van der Waals surface area contributed by atoms with E-state index >= 15 is 0 Å². The Morgan fingerprint density at radius 1 is 1.69 bits per heavy atom. The molecule has 0 radical (unpaired) electrons. The third kappa shape index (κ3) is 2.46. The van der Waals surface area contributed by atoms with Gasteiger partial charge in [0.15, 0.2) is 0 Å². The molecule has 0 spiro atoms. The van der Waals surface area contributed by atoms with Crippen molar-refractivity contribution in [2.24, 2.45) is 0 Å². The van der Waals surface area contributed by atoms with Crippen molar-refractivity contribution in [3.63, 3.8) is 0 Å². The average Bonchev–Trinajstić information content (AvgIpc) is 2.54. The number of hydrogen-bond acceptors (Lipinski definition) is 2. The Kier molecular flexibility index (Phi) is 3.77. The third-order valence-electron chi connectivity index (χ3n) is 2.63. The normalized spacial score (nSPS) is 29.9. The maximum atomic E-state index is 5.69. The van der Waals surface area contributed by atoms with Gasteiger partial charge in [-0.1, -0.05) is 12.8 Å². The van der Waals surface area contributed by atoms with Crippen LogP contribution in [-0.4, -0.2) is 24.8 Å². The van der Waals surface area contributed by atoms with E-state index in [4.69, 9.17) is 11.2 Å². The lowest BCUT2D eigenvalue weighted by molar-refractivity contribution is 0.00377. The summed E-state index contributed by atoms with van der Waals surface area (Å²) < 4.78 is 5.69. The van der Waals surface area contributed by atoms with E-state index in [-0.39, 0.29) is 11.6 Å². The summed E-state index contributed by atoms with van der Waals surface area (Å²) >= 11 is 0. The molecular formula is C11H19NO. The van der Waals surface area contributed by atoms with E-state index in [1.165, 1.54) is 0 Å². The van der Waals surface area contributed by atoms with E-state index in [9.17, 15) is 0 Å². The monoisotopic (exact) mass is 181 g/mol. The molecule has 1 rings (SSSR count). The second kappa shape index (κ2) is 4.64. The molecule has 0 aromatic carbocycles. The van der Waals surface area contributed by atoms with Crippen LogP contribution in [0.15, 0.2) is 0 Å². The maximum Gasteiger partial charge on any atom is 0.0978 e. The molecule has 1 fully saturated rings. The zero-order valence-electron chi connectivity index (χ0n) is 8.60. The number of nitrogens with one attached hydrogen (secondary N) is 1. The minimum atomic E-state index is -0.135. The van der Waals surface area contributed by atoms with Gasteiger partial charge in [0.2, 0.25) is 0 Å². The second-order valence-electron chi connectivity index (χ2n) is 3.82. The van der Waals surface area contributed by atoms with E-state index in [1.54, 1.807) is 0 Å². The Labute approximate surface area is 81.0 Å². The smallest absolute Gasteiger partial charge is 0.0978 e. The first-order valence-corrected chi connectivity index (χ1v) is 5.06. The highest BCUT2D eigenvalue weighted by atomic mass is 16.5. The van der Waals surface area contributed by atoms with Gasteiger partial charge in [-0.2, -0.15) is 0 Å². The van der Waals surface area contributed by atoms with Crippen molar-refractivity contribution >= 4 is 0 Å². The van der Waals surface area contributed by atoms with E-state index in [0.717, 1.165) is 32.4 Å². The molecule has 0 bridgehead atoms. The predicted octanol–water partition coefficient (Wildman–Crippen LogP) is 1.56. The number of ether oxygens (including phenoxy) is 1.